The van der Waals surface area contributed by atoms with Gasteiger partial charge < -0.3 is 24.5 Å². The van der Waals surface area contributed by atoms with Gasteiger partial charge in [0.15, 0.2) is 6.61 Å². The summed E-state index contributed by atoms with van der Waals surface area (Å²) in [6.45, 7) is 1.15. The van der Waals surface area contributed by atoms with Crippen LogP contribution >= 0.6 is 0 Å². The number of aliphatic hydroxyl groups is 1. The Hall–Kier alpha value is -3.65. The van der Waals surface area contributed by atoms with Crippen molar-refractivity contribution in [1.29, 1.82) is 5.26 Å². The number of carbonyl (C=O) groups excluding carboxylic acids is 1. The van der Waals surface area contributed by atoms with Gasteiger partial charge in [-0.15, -0.1) is 0 Å². The molecule has 0 atom stereocenters. The smallest absolute Gasteiger partial charge is 0.257 e. The zero-order valence-electron chi connectivity index (χ0n) is 19.5. The molecule has 2 N–H and O–H groups in total. The van der Waals surface area contributed by atoms with E-state index in [-0.39, 0.29) is 37.0 Å². The first-order valence-electron chi connectivity index (χ1n) is 11.8. The van der Waals surface area contributed by atoms with Crippen molar-refractivity contribution in [1.82, 2.24) is 9.97 Å². The Labute approximate surface area is 201 Å². The molecular weight excluding hydrogens is 455 g/mol. The number of fused-ring (bicyclic) bond motifs is 3. The normalized spacial score (nSPS) is 18.5. The lowest BCUT2D eigenvalue weighted by Gasteiger charge is -2.39. The maximum absolute atomic E-state index is 15.4. The first-order valence-corrected chi connectivity index (χ1v) is 11.8. The molecule has 1 aromatic heterocycles. The molecule has 10 nitrogen and oxygen atoms in total. The van der Waals surface area contributed by atoms with Crippen LogP contribution in [0.1, 0.15) is 30.4 Å². The van der Waals surface area contributed by atoms with Crippen molar-refractivity contribution in [3.05, 3.63) is 39.4 Å². The van der Waals surface area contributed by atoms with E-state index in [1.54, 1.807) is 6.07 Å². The van der Waals surface area contributed by atoms with Crippen LogP contribution in [0, 0.1) is 17.1 Å². The highest BCUT2D eigenvalue weighted by Gasteiger charge is 2.54. The number of amides is 1. The number of H-pyrrole nitrogens is 1. The molecular formula is C24H27FN6O4. The number of halogens is 1. The third-order valence-electron chi connectivity index (χ3n) is 7.27. The van der Waals surface area contributed by atoms with Gasteiger partial charge in [0.2, 0.25) is 11.9 Å². The van der Waals surface area contributed by atoms with Gasteiger partial charge >= 0.3 is 0 Å². The number of benzene rings is 1. The third kappa shape index (κ3) is 3.69. The molecule has 0 radical (unpaired) electrons. The lowest BCUT2D eigenvalue weighted by atomic mass is 9.73. The highest BCUT2D eigenvalue weighted by molar-refractivity contribution is 6.08. The number of aliphatic hydroxyl groups excluding tert-OH is 1. The van der Waals surface area contributed by atoms with E-state index in [4.69, 9.17) is 15.0 Å². The summed E-state index contributed by atoms with van der Waals surface area (Å²) in [5, 5.41) is 18.3. The maximum atomic E-state index is 15.4. The minimum Gasteiger partial charge on any atom is -0.479 e. The van der Waals surface area contributed by atoms with Crippen molar-refractivity contribution in [3.63, 3.8) is 0 Å². The molecule has 1 saturated heterocycles. The summed E-state index contributed by atoms with van der Waals surface area (Å²) in [4.78, 5) is 39.2. The second-order valence-electron chi connectivity index (χ2n) is 9.21. The molecule has 1 aromatic carbocycles. The molecule has 35 heavy (non-hydrogen) atoms. The number of hydrogen-bond acceptors (Lipinski definition) is 8. The van der Waals surface area contributed by atoms with Crippen LogP contribution in [0.25, 0.3) is 0 Å². The number of rotatable bonds is 5. The Balaban J connectivity index is 1.46. The number of nitriles is 1. The largest absolute Gasteiger partial charge is 0.479 e. The van der Waals surface area contributed by atoms with E-state index < -0.39 is 11.2 Å². The standard InChI is InChI=1S/C24H27FN6O4/c1-29-7-2-3-16-20(29)27-23(28-21(16)33)30-8-4-24(5-9-30)19-17(25)13-15(35-12-6-26)14-18(19)31(10-11-32)22(24)34/h13-14,32H,2-5,7-12H2,1H3,(H,27,28,33). The Morgan fingerprint density at radius 1 is 1.29 bits per heavy atom. The fourth-order valence-electron chi connectivity index (χ4n) is 5.58. The van der Waals surface area contributed by atoms with Crippen LogP contribution in [0.2, 0.25) is 0 Å². The Morgan fingerprint density at radius 3 is 2.77 bits per heavy atom. The van der Waals surface area contributed by atoms with Gasteiger partial charge in [0.25, 0.3) is 5.56 Å². The molecule has 11 heteroatoms. The summed E-state index contributed by atoms with van der Waals surface area (Å²) in [5.41, 5.74) is 0.125. The monoisotopic (exact) mass is 482 g/mol. The maximum Gasteiger partial charge on any atom is 0.257 e. The summed E-state index contributed by atoms with van der Waals surface area (Å²) in [5.74, 6) is 0.468. The number of aromatic nitrogens is 2. The molecule has 184 valence electrons. The zero-order chi connectivity index (χ0) is 24.7. The van der Waals surface area contributed by atoms with Gasteiger partial charge in [0.1, 0.15) is 23.5 Å². The van der Waals surface area contributed by atoms with Crippen LogP contribution in [-0.4, -0.2) is 67.4 Å². The van der Waals surface area contributed by atoms with Crippen molar-refractivity contribution >= 4 is 23.4 Å². The van der Waals surface area contributed by atoms with E-state index in [9.17, 15) is 14.7 Å². The lowest BCUT2D eigenvalue weighted by molar-refractivity contribution is -0.124. The number of hydrogen-bond donors (Lipinski definition) is 2. The van der Waals surface area contributed by atoms with Crippen molar-refractivity contribution in [2.75, 3.05) is 61.1 Å². The van der Waals surface area contributed by atoms with E-state index >= 15 is 4.39 Å². The summed E-state index contributed by atoms with van der Waals surface area (Å²) < 4.78 is 20.7. The SMILES string of the molecule is CN1CCCc2c1nc(N1CCC3(CC1)C(=O)N(CCO)c1cc(OCC#N)cc(F)c13)[nH]c2=O. The molecule has 0 unspecified atom stereocenters. The highest BCUT2D eigenvalue weighted by Crippen LogP contribution is 2.50. The van der Waals surface area contributed by atoms with Gasteiger partial charge in [-0.2, -0.15) is 10.2 Å². The second kappa shape index (κ2) is 8.85. The molecule has 4 heterocycles. The number of aromatic amines is 1. The van der Waals surface area contributed by atoms with Crippen LogP contribution in [-0.2, 0) is 16.6 Å². The number of piperidine rings is 1. The molecule has 3 aliphatic rings. The first-order chi connectivity index (χ1) is 16.9. The van der Waals surface area contributed by atoms with Crippen LogP contribution in [0.15, 0.2) is 16.9 Å². The molecule has 1 spiro atoms. The van der Waals surface area contributed by atoms with Crippen LogP contribution in [0.4, 0.5) is 21.8 Å². The Morgan fingerprint density at radius 2 is 2.06 bits per heavy atom. The number of anilines is 3. The average molecular weight is 483 g/mol. The summed E-state index contributed by atoms with van der Waals surface area (Å²) in [6, 6.07) is 4.61. The van der Waals surface area contributed by atoms with Crippen molar-refractivity contribution < 1.29 is 19.0 Å². The van der Waals surface area contributed by atoms with Gasteiger partial charge in [-0.3, -0.25) is 14.6 Å². The average Bonchev–Trinajstić information content (AvgIpc) is 3.07. The highest BCUT2D eigenvalue weighted by atomic mass is 19.1. The number of ether oxygens (including phenoxy) is 1. The first kappa shape index (κ1) is 23.1. The van der Waals surface area contributed by atoms with Gasteiger partial charge in [-0.05, 0) is 25.7 Å². The summed E-state index contributed by atoms with van der Waals surface area (Å²) >= 11 is 0. The molecule has 3 aliphatic heterocycles. The number of nitrogens with one attached hydrogen (secondary N) is 1. The Kier molecular flexibility index (Phi) is 5.84. The number of carbonyl (C=O) groups is 1. The second-order valence-corrected chi connectivity index (χ2v) is 9.21. The van der Waals surface area contributed by atoms with Gasteiger partial charge in [0.05, 0.1) is 23.3 Å². The molecule has 0 saturated carbocycles. The van der Waals surface area contributed by atoms with Crippen LogP contribution in [0.3, 0.4) is 0 Å². The molecule has 2 aromatic rings. The van der Waals surface area contributed by atoms with Gasteiger partial charge in [0, 0.05) is 50.9 Å². The molecule has 1 amide bonds. The quantitative estimate of drug-likeness (QED) is 0.648. The summed E-state index contributed by atoms with van der Waals surface area (Å²) in [6.07, 6.45) is 2.25. The fourth-order valence-corrected chi connectivity index (χ4v) is 5.58. The molecule has 0 aliphatic carbocycles. The van der Waals surface area contributed by atoms with E-state index in [1.807, 2.05) is 22.9 Å². The minimum atomic E-state index is -1.08. The van der Waals surface area contributed by atoms with E-state index in [2.05, 4.69) is 4.98 Å². The summed E-state index contributed by atoms with van der Waals surface area (Å²) in [7, 11) is 1.92. The third-order valence-corrected chi connectivity index (χ3v) is 7.27. The van der Waals surface area contributed by atoms with Crippen molar-refractivity contribution in [2.24, 2.45) is 0 Å². The number of β-amino-alcohol motifs (C(OH)–C–C–N with tert-alkyl or cyclic N) is 1. The molecule has 5 rings (SSSR count). The topological polar surface area (TPSA) is 126 Å². The Bertz CT molecular complexity index is 1260. The number of nitrogens with zero attached hydrogens (tertiary/aromatic N) is 5. The predicted octanol–water partition coefficient (Wildman–Crippen LogP) is 1.07. The van der Waals surface area contributed by atoms with Gasteiger partial charge in [-0.25, -0.2) is 4.39 Å². The van der Waals surface area contributed by atoms with Gasteiger partial charge in [-0.1, -0.05) is 0 Å². The van der Waals surface area contributed by atoms with E-state index in [0.29, 0.717) is 60.9 Å². The van der Waals surface area contributed by atoms with Crippen molar-refractivity contribution in [3.8, 4) is 11.8 Å². The fraction of sp³-hybridized carbons (Fsp3) is 0.500. The lowest BCUT2D eigenvalue weighted by Crippen LogP contribution is -2.50. The van der Waals surface area contributed by atoms with E-state index in [0.717, 1.165) is 13.0 Å². The van der Waals surface area contributed by atoms with Crippen molar-refractivity contribution in [2.45, 2.75) is 31.1 Å². The van der Waals surface area contributed by atoms with Crippen LogP contribution in [0.5, 0.6) is 5.75 Å². The molecule has 1 fully saturated rings. The van der Waals surface area contributed by atoms with Crippen LogP contribution < -0.4 is 25.0 Å². The minimum absolute atomic E-state index is 0.0322. The molecule has 0 bridgehead atoms. The zero-order valence-corrected chi connectivity index (χ0v) is 19.5. The van der Waals surface area contributed by atoms with E-state index in [1.165, 1.54) is 11.0 Å². The predicted molar refractivity (Wildman–Crippen MR) is 127 cm³/mol.